The lowest BCUT2D eigenvalue weighted by molar-refractivity contribution is 0.0618. The number of ether oxygens (including phenoxy) is 2. The quantitative estimate of drug-likeness (QED) is 0.818. The number of piperidine rings is 1. The monoisotopic (exact) mass is 309 g/mol. The zero-order chi connectivity index (χ0) is 16.4. The molecule has 1 fully saturated rings. The lowest BCUT2D eigenvalue weighted by atomic mass is 9.84. The molecule has 2 N–H and O–H groups in total. The molecule has 0 radical (unpaired) electrons. The van der Waals surface area contributed by atoms with Crippen molar-refractivity contribution in [1.82, 2.24) is 4.90 Å². The van der Waals surface area contributed by atoms with Crippen LogP contribution in [0.3, 0.4) is 0 Å². The Hall–Kier alpha value is -1.79. The smallest absolute Gasteiger partial charge is 0.167 e. The average Bonchev–Trinajstić information content (AvgIpc) is 2.46. The van der Waals surface area contributed by atoms with E-state index in [4.69, 9.17) is 9.47 Å². The first kappa shape index (κ1) is 16.6. The van der Waals surface area contributed by atoms with Crippen LogP contribution in [0.2, 0.25) is 0 Å². The van der Waals surface area contributed by atoms with E-state index in [1.54, 1.807) is 6.07 Å². The Bertz CT molecular complexity index is 572. The fraction of sp³-hybridized carbons (Fsp3) is 0.562. The standard InChI is InChI=1S/C16H23NO5/c1-9(18)14-12(21-3)7-13(22-4)15(16(14)20)10-5-6-17(2)8-11(10)19/h7,10-11,19-20H,5-6,8H2,1-4H3/t10?,11-/m1/s1. The second-order valence-corrected chi connectivity index (χ2v) is 5.70. The Kier molecular flexibility index (Phi) is 4.93. The number of aliphatic hydroxyl groups excluding tert-OH is 1. The number of aromatic hydroxyl groups is 1. The van der Waals surface area contributed by atoms with Gasteiger partial charge in [-0.25, -0.2) is 0 Å². The molecule has 1 aromatic carbocycles. The molecule has 1 aliphatic heterocycles. The molecule has 0 spiro atoms. The predicted octanol–water partition coefficient (Wildman–Crippen LogP) is 1.39. The van der Waals surface area contributed by atoms with Crippen LogP contribution in [0.25, 0.3) is 0 Å². The maximum absolute atomic E-state index is 11.9. The van der Waals surface area contributed by atoms with Crippen LogP contribution < -0.4 is 9.47 Å². The number of rotatable bonds is 4. The maximum atomic E-state index is 11.9. The molecule has 6 heteroatoms. The van der Waals surface area contributed by atoms with Crippen molar-refractivity contribution >= 4 is 5.78 Å². The van der Waals surface area contributed by atoms with Crippen LogP contribution in [0.15, 0.2) is 6.07 Å². The van der Waals surface area contributed by atoms with Gasteiger partial charge in [-0.05, 0) is 26.9 Å². The number of benzene rings is 1. The van der Waals surface area contributed by atoms with Crippen LogP contribution in [0.4, 0.5) is 0 Å². The number of likely N-dealkylation sites (tertiary alicyclic amines) is 1. The van der Waals surface area contributed by atoms with E-state index in [0.29, 0.717) is 24.3 Å². The van der Waals surface area contributed by atoms with Crippen LogP contribution in [0.5, 0.6) is 17.2 Å². The molecule has 1 heterocycles. The van der Waals surface area contributed by atoms with Gasteiger partial charge in [-0.3, -0.25) is 4.79 Å². The lowest BCUT2D eigenvalue weighted by Crippen LogP contribution is -2.40. The van der Waals surface area contributed by atoms with Crippen LogP contribution in [-0.2, 0) is 0 Å². The van der Waals surface area contributed by atoms with Crippen LogP contribution in [-0.4, -0.2) is 61.4 Å². The summed E-state index contributed by atoms with van der Waals surface area (Å²) in [5, 5.41) is 21.0. The Morgan fingerprint density at radius 1 is 1.32 bits per heavy atom. The number of Topliss-reactive ketones (excluding diaryl/α,β-unsaturated/α-hetero) is 1. The van der Waals surface area contributed by atoms with E-state index in [2.05, 4.69) is 0 Å². The molecule has 2 atom stereocenters. The number of phenols is 1. The second kappa shape index (κ2) is 6.54. The predicted molar refractivity (Wildman–Crippen MR) is 82.1 cm³/mol. The van der Waals surface area contributed by atoms with Crippen molar-refractivity contribution in [2.75, 3.05) is 34.4 Å². The van der Waals surface area contributed by atoms with E-state index in [1.165, 1.54) is 21.1 Å². The number of methoxy groups -OCH3 is 2. The molecular weight excluding hydrogens is 286 g/mol. The SMILES string of the molecule is COc1cc(OC)c(C2CCN(C)C[C@H]2O)c(O)c1C(C)=O. The van der Waals surface area contributed by atoms with Gasteiger partial charge in [-0.2, -0.15) is 0 Å². The van der Waals surface area contributed by atoms with Gasteiger partial charge in [0.25, 0.3) is 0 Å². The second-order valence-electron chi connectivity index (χ2n) is 5.70. The number of aliphatic hydroxyl groups is 1. The summed E-state index contributed by atoms with van der Waals surface area (Å²) in [6, 6.07) is 1.59. The summed E-state index contributed by atoms with van der Waals surface area (Å²) in [6.45, 7) is 2.68. The number of hydrogen-bond acceptors (Lipinski definition) is 6. The zero-order valence-corrected chi connectivity index (χ0v) is 13.4. The van der Waals surface area contributed by atoms with E-state index < -0.39 is 6.10 Å². The summed E-state index contributed by atoms with van der Waals surface area (Å²) in [5.41, 5.74) is 0.610. The molecule has 0 saturated carbocycles. The minimum atomic E-state index is -0.633. The largest absolute Gasteiger partial charge is 0.507 e. The first-order chi connectivity index (χ1) is 10.4. The number of hydrogen-bond donors (Lipinski definition) is 2. The highest BCUT2D eigenvalue weighted by Crippen LogP contribution is 2.45. The third kappa shape index (κ3) is 2.89. The van der Waals surface area contributed by atoms with Gasteiger partial charge in [0.2, 0.25) is 0 Å². The minimum absolute atomic E-state index is 0.129. The molecule has 1 aromatic rings. The number of nitrogens with zero attached hydrogens (tertiary/aromatic N) is 1. The number of carbonyl (C=O) groups excluding carboxylic acids is 1. The normalized spacial score (nSPS) is 22.4. The summed E-state index contributed by atoms with van der Waals surface area (Å²) in [6.07, 6.45) is 0.0392. The lowest BCUT2D eigenvalue weighted by Gasteiger charge is -2.35. The summed E-state index contributed by atoms with van der Waals surface area (Å²) >= 11 is 0. The molecule has 1 unspecified atom stereocenters. The molecule has 0 amide bonds. The van der Waals surface area contributed by atoms with Gasteiger partial charge in [0.1, 0.15) is 22.8 Å². The molecular formula is C16H23NO5. The highest BCUT2D eigenvalue weighted by molar-refractivity contribution is 6.00. The van der Waals surface area contributed by atoms with Crippen molar-refractivity contribution in [2.45, 2.75) is 25.4 Å². The zero-order valence-electron chi connectivity index (χ0n) is 13.4. The van der Waals surface area contributed by atoms with Crippen molar-refractivity contribution in [3.8, 4) is 17.2 Å². The third-order valence-corrected chi connectivity index (χ3v) is 4.21. The molecule has 2 rings (SSSR count). The Morgan fingerprint density at radius 2 is 1.95 bits per heavy atom. The highest BCUT2D eigenvalue weighted by atomic mass is 16.5. The number of β-amino-alcohol motifs (C(OH)–C–C–N with tert-alkyl or cyclic N) is 1. The fourth-order valence-electron chi connectivity index (χ4n) is 3.09. The molecule has 0 aromatic heterocycles. The molecule has 6 nitrogen and oxygen atoms in total. The average molecular weight is 309 g/mol. The van der Waals surface area contributed by atoms with Gasteiger partial charge < -0.3 is 24.6 Å². The summed E-state index contributed by atoms with van der Waals surface area (Å²) in [5.74, 6) is -0.0332. The van der Waals surface area contributed by atoms with Gasteiger partial charge in [-0.1, -0.05) is 0 Å². The van der Waals surface area contributed by atoms with Gasteiger partial charge in [-0.15, -0.1) is 0 Å². The fourth-order valence-corrected chi connectivity index (χ4v) is 3.09. The van der Waals surface area contributed by atoms with E-state index in [0.717, 1.165) is 6.54 Å². The van der Waals surface area contributed by atoms with Gasteiger partial charge in [0.05, 0.1) is 20.3 Å². The molecule has 0 aliphatic carbocycles. The number of ketones is 1. The Labute approximate surface area is 130 Å². The topological polar surface area (TPSA) is 79.2 Å². The molecule has 122 valence electrons. The van der Waals surface area contributed by atoms with Gasteiger partial charge in [0.15, 0.2) is 5.78 Å². The van der Waals surface area contributed by atoms with Crippen LogP contribution in [0, 0.1) is 0 Å². The van der Waals surface area contributed by atoms with Crippen molar-refractivity contribution < 1.29 is 24.5 Å². The summed E-state index contributed by atoms with van der Waals surface area (Å²) in [4.78, 5) is 13.9. The van der Waals surface area contributed by atoms with Crippen molar-refractivity contribution in [3.05, 3.63) is 17.2 Å². The van der Waals surface area contributed by atoms with Crippen LogP contribution >= 0.6 is 0 Å². The number of carbonyl (C=O) groups is 1. The third-order valence-electron chi connectivity index (χ3n) is 4.21. The van der Waals surface area contributed by atoms with Gasteiger partial charge >= 0.3 is 0 Å². The molecule has 1 aliphatic rings. The Balaban J connectivity index is 2.59. The number of phenolic OH excluding ortho intramolecular Hbond substituents is 1. The Morgan fingerprint density at radius 3 is 2.45 bits per heavy atom. The van der Waals surface area contributed by atoms with Crippen molar-refractivity contribution in [3.63, 3.8) is 0 Å². The summed E-state index contributed by atoms with van der Waals surface area (Å²) < 4.78 is 10.5. The van der Waals surface area contributed by atoms with Crippen molar-refractivity contribution in [1.29, 1.82) is 0 Å². The molecule has 1 saturated heterocycles. The van der Waals surface area contributed by atoms with E-state index in [1.807, 2.05) is 11.9 Å². The van der Waals surface area contributed by atoms with Gasteiger partial charge in [0, 0.05) is 24.1 Å². The summed E-state index contributed by atoms with van der Waals surface area (Å²) in [7, 11) is 4.86. The van der Waals surface area contributed by atoms with E-state index in [-0.39, 0.29) is 28.8 Å². The first-order valence-corrected chi connectivity index (χ1v) is 7.26. The highest BCUT2D eigenvalue weighted by Gasteiger charge is 2.34. The minimum Gasteiger partial charge on any atom is -0.507 e. The van der Waals surface area contributed by atoms with Crippen LogP contribution in [0.1, 0.15) is 35.2 Å². The first-order valence-electron chi connectivity index (χ1n) is 7.26. The van der Waals surface area contributed by atoms with E-state index in [9.17, 15) is 15.0 Å². The molecule has 0 bridgehead atoms. The molecule has 22 heavy (non-hydrogen) atoms. The maximum Gasteiger partial charge on any atom is 0.167 e. The van der Waals surface area contributed by atoms with Crippen molar-refractivity contribution in [2.24, 2.45) is 0 Å². The number of likely N-dealkylation sites (N-methyl/N-ethyl adjacent to an activating group) is 1. The van der Waals surface area contributed by atoms with E-state index >= 15 is 0 Å².